The molecular formula is C10H15N3O3. The molecule has 0 fully saturated rings. The van der Waals surface area contributed by atoms with Crippen LogP contribution in [0.3, 0.4) is 0 Å². The lowest BCUT2D eigenvalue weighted by atomic mass is 10.1. The Labute approximate surface area is 93.6 Å². The van der Waals surface area contributed by atoms with E-state index < -0.39 is 5.97 Å². The Hall–Kier alpha value is -1.69. The Kier molecular flexibility index (Phi) is 3.78. The predicted octanol–water partition coefficient (Wildman–Crippen LogP) is 1.01. The van der Waals surface area contributed by atoms with Gasteiger partial charge in [-0.05, 0) is 26.0 Å². The summed E-state index contributed by atoms with van der Waals surface area (Å²) in [6.07, 6.45) is 0. The van der Waals surface area contributed by atoms with Gasteiger partial charge in [-0.15, -0.1) is 10.2 Å². The van der Waals surface area contributed by atoms with Gasteiger partial charge in [-0.2, -0.15) is 0 Å². The molecule has 0 spiro atoms. The molecule has 0 unspecified atom stereocenters. The van der Waals surface area contributed by atoms with Crippen LogP contribution in [0, 0.1) is 0 Å². The summed E-state index contributed by atoms with van der Waals surface area (Å²) in [6, 6.07) is 2.98. The zero-order chi connectivity index (χ0) is 12.2. The van der Waals surface area contributed by atoms with Crippen LogP contribution in [0.5, 0.6) is 0 Å². The number of nitrogens with one attached hydrogen (secondary N) is 1. The van der Waals surface area contributed by atoms with Gasteiger partial charge >= 0.3 is 5.97 Å². The highest BCUT2D eigenvalue weighted by Gasteiger charge is 2.18. The smallest absolute Gasteiger partial charge is 0.356 e. The lowest BCUT2D eigenvalue weighted by Crippen LogP contribution is -2.36. The molecule has 0 bridgehead atoms. The second-order valence-electron chi connectivity index (χ2n) is 4.05. The van der Waals surface area contributed by atoms with Crippen molar-refractivity contribution in [3.05, 3.63) is 17.8 Å². The average molecular weight is 225 g/mol. The molecule has 88 valence electrons. The van der Waals surface area contributed by atoms with E-state index in [0.29, 0.717) is 12.4 Å². The second-order valence-corrected chi connectivity index (χ2v) is 4.05. The topological polar surface area (TPSA) is 84.3 Å². The number of rotatable bonds is 5. The average Bonchev–Trinajstić information content (AvgIpc) is 2.17. The first-order valence-electron chi connectivity index (χ1n) is 4.79. The Morgan fingerprint density at radius 2 is 2.19 bits per heavy atom. The standard InChI is InChI=1S/C10H15N3O3/c1-10(2,6-16-3)11-8-5-4-7(9(14)15)12-13-8/h4-5H,6H2,1-3H3,(H,11,13)(H,14,15). The fourth-order valence-electron chi connectivity index (χ4n) is 1.26. The zero-order valence-corrected chi connectivity index (χ0v) is 9.52. The summed E-state index contributed by atoms with van der Waals surface area (Å²) in [5, 5.41) is 19.1. The van der Waals surface area contributed by atoms with Crippen molar-refractivity contribution in [3.8, 4) is 0 Å². The van der Waals surface area contributed by atoms with Crippen molar-refractivity contribution in [2.24, 2.45) is 0 Å². The fourth-order valence-corrected chi connectivity index (χ4v) is 1.26. The number of aromatic nitrogens is 2. The van der Waals surface area contributed by atoms with E-state index in [0.717, 1.165) is 0 Å². The number of methoxy groups -OCH3 is 1. The van der Waals surface area contributed by atoms with Crippen LogP contribution in [0.15, 0.2) is 12.1 Å². The molecule has 2 N–H and O–H groups in total. The van der Waals surface area contributed by atoms with Gasteiger partial charge in [0, 0.05) is 7.11 Å². The molecule has 6 nitrogen and oxygen atoms in total. The van der Waals surface area contributed by atoms with Crippen molar-refractivity contribution in [1.29, 1.82) is 0 Å². The molecule has 0 aliphatic rings. The number of anilines is 1. The zero-order valence-electron chi connectivity index (χ0n) is 9.52. The van der Waals surface area contributed by atoms with Gasteiger partial charge in [-0.1, -0.05) is 0 Å². The van der Waals surface area contributed by atoms with E-state index in [1.165, 1.54) is 6.07 Å². The molecule has 16 heavy (non-hydrogen) atoms. The monoisotopic (exact) mass is 225 g/mol. The molecule has 0 amide bonds. The van der Waals surface area contributed by atoms with Gasteiger partial charge < -0.3 is 15.2 Å². The van der Waals surface area contributed by atoms with Gasteiger partial charge in [0.2, 0.25) is 0 Å². The molecular weight excluding hydrogens is 210 g/mol. The van der Waals surface area contributed by atoms with Crippen molar-refractivity contribution < 1.29 is 14.6 Å². The van der Waals surface area contributed by atoms with E-state index in [9.17, 15) is 4.79 Å². The Morgan fingerprint density at radius 1 is 1.50 bits per heavy atom. The Morgan fingerprint density at radius 3 is 2.62 bits per heavy atom. The molecule has 0 saturated heterocycles. The lowest BCUT2D eigenvalue weighted by Gasteiger charge is -2.25. The highest BCUT2D eigenvalue weighted by atomic mass is 16.5. The molecule has 1 heterocycles. The van der Waals surface area contributed by atoms with Crippen molar-refractivity contribution >= 4 is 11.8 Å². The lowest BCUT2D eigenvalue weighted by molar-refractivity contribution is 0.0689. The minimum Gasteiger partial charge on any atom is -0.476 e. The summed E-state index contributed by atoms with van der Waals surface area (Å²) in [7, 11) is 1.61. The van der Waals surface area contributed by atoms with Gasteiger partial charge in [0.05, 0.1) is 12.1 Å². The highest BCUT2D eigenvalue weighted by Crippen LogP contribution is 2.12. The van der Waals surface area contributed by atoms with Gasteiger partial charge in [0.25, 0.3) is 0 Å². The van der Waals surface area contributed by atoms with Gasteiger partial charge in [0.15, 0.2) is 5.69 Å². The molecule has 6 heteroatoms. The van der Waals surface area contributed by atoms with E-state index in [2.05, 4.69) is 15.5 Å². The van der Waals surface area contributed by atoms with Gasteiger partial charge in [-0.25, -0.2) is 4.79 Å². The van der Waals surface area contributed by atoms with E-state index in [1.54, 1.807) is 13.2 Å². The molecule has 0 aromatic carbocycles. The summed E-state index contributed by atoms with van der Waals surface area (Å²) in [6.45, 7) is 4.40. The summed E-state index contributed by atoms with van der Waals surface area (Å²) >= 11 is 0. The maximum absolute atomic E-state index is 10.6. The van der Waals surface area contributed by atoms with E-state index in [1.807, 2.05) is 13.8 Å². The van der Waals surface area contributed by atoms with Crippen LogP contribution in [-0.2, 0) is 4.74 Å². The van der Waals surface area contributed by atoms with E-state index in [4.69, 9.17) is 9.84 Å². The SMILES string of the molecule is COCC(C)(C)Nc1ccc(C(=O)O)nn1. The van der Waals surface area contributed by atoms with Crippen LogP contribution in [-0.4, -0.2) is 40.5 Å². The molecule has 0 saturated carbocycles. The minimum absolute atomic E-state index is 0.0740. The first-order valence-corrected chi connectivity index (χ1v) is 4.79. The first kappa shape index (κ1) is 12.4. The van der Waals surface area contributed by atoms with E-state index >= 15 is 0 Å². The molecule has 0 radical (unpaired) electrons. The number of carbonyl (C=O) groups is 1. The number of hydrogen-bond acceptors (Lipinski definition) is 5. The quantitative estimate of drug-likeness (QED) is 0.778. The molecule has 0 aliphatic heterocycles. The third kappa shape index (κ3) is 3.47. The Balaban J connectivity index is 2.72. The summed E-state index contributed by atoms with van der Waals surface area (Å²) in [4.78, 5) is 10.6. The third-order valence-corrected chi connectivity index (χ3v) is 1.86. The highest BCUT2D eigenvalue weighted by molar-refractivity contribution is 5.85. The van der Waals surface area contributed by atoms with Gasteiger partial charge in [0.1, 0.15) is 5.82 Å². The number of carboxylic acids is 1. The van der Waals surface area contributed by atoms with Crippen LogP contribution >= 0.6 is 0 Å². The van der Waals surface area contributed by atoms with Crippen molar-refractivity contribution in [3.63, 3.8) is 0 Å². The predicted molar refractivity (Wildman–Crippen MR) is 58.6 cm³/mol. The number of carboxylic acid groups (broad SMARTS) is 1. The second kappa shape index (κ2) is 4.89. The number of aromatic carboxylic acids is 1. The van der Waals surface area contributed by atoms with Crippen molar-refractivity contribution in [2.75, 3.05) is 19.0 Å². The van der Waals surface area contributed by atoms with E-state index in [-0.39, 0.29) is 11.2 Å². The normalized spacial score (nSPS) is 11.2. The fraction of sp³-hybridized carbons (Fsp3) is 0.500. The maximum atomic E-state index is 10.6. The summed E-state index contributed by atoms with van der Waals surface area (Å²) in [5.74, 6) is -0.567. The Bertz CT molecular complexity index is 362. The molecule has 0 aliphatic carbocycles. The third-order valence-electron chi connectivity index (χ3n) is 1.86. The number of nitrogens with zero attached hydrogens (tertiary/aromatic N) is 2. The van der Waals surface area contributed by atoms with Crippen LogP contribution < -0.4 is 5.32 Å². The van der Waals surface area contributed by atoms with Crippen molar-refractivity contribution in [2.45, 2.75) is 19.4 Å². The largest absolute Gasteiger partial charge is 0.476 e. The van der Waals surface area contributed by atoms with Gasteiger partial charge in [-0.3, -0.25) is 0 Å². The van der Waals surface area contributed by atoms with Crippen LogP contribution in [0.4, 0.5) is 5.82 Å². The first-order chi connectivity index (χ1) is 7.44. The molecule has 0 atom stereocenters. The van der Waals surface area contributed by atoms with Crippen LogP contribution in [0.1, 0.15) is 24.3 Å². The van der Waals surface area contributed by atoms with Crippen LogP contribution in [0.2, 0.25) is 0 Å². The van der Waals surface area contributed by atoms with Crippen LogP contribution in [0.25, 0.3) is 0 Å². The number of hydrogen-bond donors (Lipinski definition) is 2. The minimum atomic E-state index is -1.09. The maximum Gasteiger partial charge on any atom is 0.356 e. The molecule has 1 aromatic rings. The molecule has 1 aromatic heterocycles. The number of ether oxygens (including phenoxy) is 1. The van der Waals surface area contributed by atoms with Crippen molar-refractivity contribution in [1.82, 2.24) is 10.2 Å². The summed E-state index contributed by atoms with van der Waals surface area (Å²) in [5.41, 5.74) is -0.358. The molecule has 1 rings (SSSR count). The summed E-state index contributed by atoms with van der Waals surface area (Å²) < 4.78 is 5.04.